The number of aryl methyl sites for hydroxylation is 3. The van der Waals surface area contributed by atoms with Crippen molar-refractivity contribution in [1.82, 2.24) is 25.3 Å². The quantitative estimate of drug-likeness (QED) is 0.872. The Hall–Kier alpha value is -2.11. The van der Waals surface area contributed by atoms with Crippen LogP contribution < -0.4 is 5.32 Å². The highest BCUT2D eigenvalue weighted by Crippen LogP contribution is 2.29. The van der Waals surface area contributed by atoms with Crippen LogP contribution >= 0.6 is 0 Å². The molecule has 0 spiro atoms. The van der Waals surface area contributed by atoms with E-state index in [0.29, 0.717) is 5.56 Å². The van der Waals surface area contributed by atoms with Gasteiger partial charge in [0.1, 0.15) is 0 Å². The molecule has 0 bridgehead atoms. The van der Waals surface area contributed by atoms with Crippen LogP contribution in [0.5, 0.6) is 0 Å². The fourth-order valence-electron chi connectivity index (χ4n) is 2.97. The van der Waals surface area contributed by atoms with Crippen LogP contribution in [0.15, 0.2) is 6.20 Å². The van der Waals surface area contributed by atoms with E-state index < -0.39 is 0 Å². The summed E-state index contributed by atoms with van der Waals surface area (Å²) in [7, 11) is 1.95. The monoisotopic (exact) mass is 273 g/mol. The lowest BCUT2D eigenvalue weighted by Gasteiger charge is -2.23. The highest BCUT2D eigenvalue weighted by Gasteiger charge is 2.26. The van der Waals surface area contributed by atoms with E-state index in [2.05, 4.69) is 20.6 Å². The Morgan fingerprint density at radius 2 is 2.30 bits per heavy atom. The van der Waals surface area contributed by atoms with E-state index in [1.165, 1.54) is 5.69 Å². The number of hydrogen-bond donors (Lipinski definition) is 2. The van der Waals surface area contributed by atoms with Crippen LogP contribution in [-0.4, -0.2) is 25.9 Å². The molecular weight excluding hydrogens is 254 g/mol. The summed E-state index contributed by atoms with van der Waals surface area (Å²) < 4.78 is 1.90. The molecule has 1 atom stereocenters. The summed E-state index contributed by atoms with van der Waals surface area (Å²) in [4.78, 5) is 12.4. The van der Waals surface area contributed by atoms with E-state index in [4.69, 9.17) is 0 Å². The third kappa shape index (κ3) is 2.01. The minimum atomic E-state index is -0.0598. The topological polar surface area (TPSA) is 75.6 Å². The van der Waals surface area contributed by atoms with Gasteiger partial charge in [-0.3, -0.25) is 14.6 Å². The van der Waals surface area contributed by atoms with Gasteiger partial charge >= 0.3 is 0 Å². The maximum Gasteiger partial charge on any atom is 0.255 e. The minimum absolute atomic E-state index is 0.0497. The van der Waals surface area contributed by atoms with Crippen LogP contribution in [-0.2, 0) is 13.5 Å². The van der Waals surface area contributed by atoms with Gasteiger partial charge in [0.15, 0.2) is 0 Å². The van der Waals surface area contributed by atoms with E-state index in [1.807, 2.05) is 31.8 Å². The molecule has 2 aromatic heterocycles. The van der Waals surface area contributed by atoms with Gasteiger partial charge in [-0.15, -0.1) is 0 Å². The van der Waals surface area contributed by atoms with Crippen molar-refractivity contribution in [1.29, 1.82) is 0 Å². The van der Waals surface area contributed by atoms with E-state index in [1.54, 1.807) is 0 Å². The van der Waals surface area contributed by atoms with Gasteiger partial charge in [-0.05, 0) is 33.1 Å². The number of rotatable bonds is 2. The van der Waals surface area contributed by atoms with Crippen molar-refractivity contribution in [3.05, 3.63) is 34.4 Å². The molecule has 1 amide bonds. The summed E-state index contributed by atoms with van der Waals surface area (Å²) in [6.07, 6.45) is 4.93. The number of H-pyrrole nitrogens is 1. The molecule has 0 radical (unpaired) electrons. The lowest BCUT2D eigenvalue weighted by molar-refractivity contribution is 0.0931. The maximum absolute atomic E-state index is 12.4. The molecule has 0 saturated carbocycles. The van der Waals surface area contributed by atoms with Gasteiger partial charge in [0.2, 0.25) is 0 Å². The molecule has 0 saturated heterocycles. The Balaban J connectivity index is 1.84. The zero-order chi connectivity index (χ0) is 14.3. The molecule has 2 heterocycles. The highest BCUT2D eigenvalue weighted by molar-refractivity contribution is 5.96. The van der Waals surface area contributed by atoms with Crippen LogP contribution in [0.3, 0.4) is 0 Å². The zero-order valence-electron chi connectivity index (χ0n) is 12.0. The van der Waals surface area contributed by atoms with Gasteiger partial charge in [0.25, 0.3) is 5.91 Å². The van der Waals surface area contributed by atoms with Crippen molar-refractivity contribution in [3.8, 4) is 0 Å². The second-order valence-corrected chi connectivity index (χ2v) is 5.40. The number of amides is 1. The lowest BCUT2D eigenvalue weighted by Crippen LogP contribution is -2.31. The molecule has 0 aliphatic heterocycles. The van der Waals surface area contributed by atoms with E-state index >= 15 is 0 Å². The van der Waals surface area contributed by atoms with Crippen molar-refractivity contribution >= 4 is 5.91 Å². The summed E-state index contributed by atoms with van der Waals surface area (Å²) in [6, 6.07) is 0.0497. The highest BCUT2D eigenvalue weighted by atomic mass is 16.1. The first kappa shape index (κ1) is 12.9. The van der Waals surface area contributed by atoms with Crippen LogP contribution in [0, 0.1) is 13.8 Å². The van der Waals surface area contributed by atoms with E-state index in [9.17, 15) is 4.79 Å². The first-order chi connectivity index (χ1) is 9.58. The number of aromatic nitrogens is 4. The van der Waals surface area contributed by atoms with Crippen molar-refractivity contribution < 1.29 is 4.79 Å². The first-order valence-electron chi connectivity index (χ1n) is 6.91. The van der Waals surface area contributed by atoms with Gasteiger partial charge in [-0.25, -0.2) is 0 Å². The van der Waals surface area contributed by atoms with Crippen LogP contribution in [0.2, 0.25) is 0 Å². The Labute approximate surface area is 117 Å². The molecule has 2 aromatic rings. The number of carbonyl (C=O) groups is 1. The first-order valence-corrected chi connectivity index (χ1v) is 6.91. The number of aromatic amines is 1. The number of carbonyl (C=O) groups excluding carboxylic acids is 1. The van der Waals surface area contributed by atoms with Crippen LogP contribution in [0.25, 0.3) is 0 Å². The average molecular weight is 273 g/mol. The lowest BCUT2D eigenvalue weighted by atomic mass is 9.92. The molecule has 20 heavy (non-hydrogen) atoms. The molecule has 0 aromatic carbocycles. The summed E-state index contributed by atoms with van der Waals surface area (Å²) >= 11 is 0. The molecule has 1 unspecified atom stereocenters. The van der Waals surface area contributed by atoms with Gasteiger partial charge in [-0.2, -0.15) is 10.2 Å². The third-order valence-electron chi connectivity index (χ3n) is 4.04. The summed E-state index contributed by atoms with van der Waals surface area (Å²) in [5.41, 5.74) is 4.57. The van der Waals surface area contributed by atoms with Crippen molar-refractivity contribution in [2.75, 3.05) is 0 Å². The molecule has 3 rings (SSSR count). The van der Waals surface area contributed by atoms with E-state index in [-0.39, 0.29) is 11.9 Å². The summed E-state index contributed by atoms with van der Waals surface area (Å²) in [5, 5.41) is 14.3. The van der Waals surface area contributed by atoms with Crippen molar-refractivity contribution in [3.63, 3.8) is 0 Å². The standard InChI is InChI=1S/C14H19N5O/c1-8-13(9(2)18-17-8)14(20)16-11-5-4-6-12-10(11)7-15-19(12)3/h7,11H,4-6H2,1-3H3,(H,16,20)(H,17,18). The van der Waals surface area contributed by atoms with Gasteiger partial charge in [0, 0.05) is 24.0 Å². The van der Waals surface area contributed by atoms with Gasteiger partial charge in [0.05, 0.1) is 23.5 Å². The summed E-state index contributed by atoms with van der Waals surface area (Å²) in [5.74, 6) is -0.0598. The fraction of sp³-hybridized carbons (Fsp3) is 0.500. The number of nitrogens with one attached hydrogen (secondary N) is 2. The minimum Gasteiger partial charge on any atom is -0.345 e. The summed E-state index contributed by atoms with van der Waals surface area (Å²) in [6.45, 7) is 3.71. The Morgan fingerprint density at radius 3 is 3.00 bits per heavy atom. The van der Waals surface area contributed by atoms with Gasteiger partial charge < -0.3 is 5.32 Å². The second kappa shape index (κ2) is 4.77. The van der Waals surface area contributed by atoms with Crippen LogP contribution in [0.4, 0.5) is 0 Å². The SMILES string of the molecule is Cc1n[nH]c(C)c1C(=O)NC1CCCc2c1cnn2C. The Morgan fingerprint density at radius 1 is 1.50 bits per heavy atom. The Kier molecular flexibility index (Phi) is 3.08. The number of fused-ring (bicyclic) bond motifs is 1. The predicted octanol–water partition coefficient (Wildman–Crippen LogP) is 1.57. The van der Waals surface area contributed by atoms with Crippen molar-refractivity contribution in [2.45, 2.75) is 39.2 Å². The zero-order valence-corrected chi connectivity index (χ0v) is 12.0. The molecule has 0 fully saturated rings. The smallest absolute Gasteiger partial charge is 0.255 e. The molecule has 1 aliphatic rings. The normalized spacial score (nSPS) is 17.9. The molecule has 1 aliphatic carbocycles. The fourth-order valence-corrected chi connectivity index (χ4v) is 2.97. The number of hydrogen-bond acceptors (Lipinski definition) is 3. The van der Waals surface area contributed by atoms with E-state index in [0.717, 1.165) is 36.2 Å². The molecular formula is C14H19N5O. The van der Waals surface area contributed by atoms with Gasteiger partial charge in [-0.1, -0.05) is 0 Å². The van der Waals surface area contributed by atoms with Crippen LogP contribution in [0.1, 0.15) is 51.9 Å². The maximum atomic E-state index is 12.4. The Bertz CT molecular complexity index is 635. The molecule has 106 valence electrons. The molecule has 6 heteroatoms. The largest absolute Gasteiger partial charge is 0.345 e. The molecule has 6 nitrogen and oxygen atoms in total. The average Bonchev–Trinajstić information content (AvgIpc) is 2.95. The number of nitrogens with zero attached hydrogens (tertiary/aromatic N) is 3. The van der Waals surface area contributed by atoms with Crippen molar-refractivity contribution in [2.24, 2.45) is 7.05 Å². The molecule has 2 N–H and O–H groups in total. The predicted molar refractivity (Wildman–Crippen MR) is 74.4 cm³/mol. The third-order valence-corrected chi connectivity index (χ3v) is 4.04. The second-order valence-electron chi connectivity index (χ2n) is 5.40.